The van der Waals surface area contributed by atoms with Gasteiger partial charge in [0.2, 0.25) is 5.91 Å². The van der Waals surface area contributed by atoms with Crippen LogP contribution in [0.15, 0.2) is 72.8 Å². The summed E-state index contributed by atoms with van der Waals surface area (Å²) in [7, 11) is 0. The van der Waals surface area contributed by atoms with E-state index < -0.39 is 0 Å². The first-order valence-corrected chi connectivity index (χ1v) is 9.80. The van der Waals surface area contributed by atoms with Gasteiger partial charge in [0.1, 0.15) is 0 Å². The van der Waals surface area contributed by atoms with Crippen molar-refractivity contribution in [2.45, 2.75) is 33.2 Å². The predicted molar refractivity (Wildman–Crippen MR) is 117 cm³/mol. The number of carbonyl (C=O) groups is 2. The van der Waals surface area contributed by atoms with Crippen molar-refractivity contribution in [1.82, 2.24) is 5.32 Å². The van der Waals surface area contributed by atoms with Crippen molar-refractivity contribution in [3.05, 3.63) is 101 Å². The Morgan fingerprint density at radius 2 is 1.52 bits per heavy atom. The minimum absolute atomic E-state index is 0.105. The summed E-state index contributed by atoms with van der Waals surface area (Å²) >= 11 is 0. The van der Waals surface area contributed by atoms with E-state index in [1.54, 1.807) is 18.2 Å². The lowest BCUT2D eigenvalue weighted by molar-refractivity contribution is -0.116. The summed E-state index contributed by atoms with van der Waals surface area (Å²) in [5.41, 5.74) is 5.62. The van der Waals surface area contributed by atoms with E-state index in [1.807, 2.05) is 36.4 Å². The molecule has 3 aromatic rings. The summed E-state index contributed by atoms with van der Waals surface area (Å²) < 4.78 is 0. The second-order valence-electron chi connectivity index (χ2n) is 7.18. The van der Waals surface area contributed by atoms with Crippen LogP contribution in [-0.2, 0) is 17.8 Å². The molecule has 0 saturated carbocycles. The minimum Gasteiger partial charge on any atom is -0.348 e. The molecule has 0 atom stereocenters. The Bertz CT molecular complexity index is 997. The Balaban J connectivity index is 1.59. The first-order valence-electron chi connectivity index (χ1n) is 9.80. The Morgan fingerprint density at radius 1 is 0.793 bits per heavy atom. The molecular formula is C25H26N2O2. The number of anilines is 1. The molecule has 0 spiro atoms. The van der Waals surface area contributed by atoms with Gasteiger partial charge < -0.3 is 10.6 Å². The van der Waals surface area contributed by atoms with Crippen molar-refractivity contribution < 1.29 is 9.59 Å². The monoisotopic (exact) mass is 386 g/mol. The lowest BCUT2D eigenvalue weighted by atomic mass is 10.0. The lowest BCUT2D eigenvalue weighted by Gasteiger charge is -2.12. The number of nitrogens with one attached hydrogen (secondary N) is 2. The van der Waals surface area contributed by atoms with Crippen LogP contribution in [0.3, 0.4) is 0 Å². The Hall–Kier alpha value is -3.40. The summed E-state index contributed by atoms with van der Waals surface area (Å²) in [6.45, 7) is 4.59. The van der Waals surface area contributed by atoms with E-state index in [4.69, 9.17) is 0 Å². The summed E-state index contributed by atoms with van der Waals surface area (Å²) in [6.07, 6.45) is 1.03. The third-order valence-corrected chi connectivity index (χ3v) is 4.95. The quantitative estimate of drug-likeness (QED) is 0.612. The van der Waals surface area contributed by atoms with E-state index in [9.17, 15) is 9.59 Å². The molecule has 3 rings (SSSR count). The lowest BCUT2D eigenvalue weighted by Crippen LogP contribution is -2.24. The van der Waals surface area contributed by atoms with Crippen molar-refractivity contribution in [2.75, 3.05) is 5.32 Å². The van der Waals surface area contributed by atoms with Crippen LogP contribution in [0.2, 0.25) is 0 Å². The minimum atomic E-state index is -0.209. The molecule has 0 saturated heterocycles. The van der Waals surface area contributed by atoms with E-state index in [2.05, 4.69) is 42.7 Å². The molecule has 29 heavy (non-hydrogen) atoms. The smallest absolute Gasteiger partial charge is 0.253 e. The number of hydrogen-bond acceptors (Lipinski definition) is 2. The number of para-hydroxylation sites is 1. The summed E-state index contributed by atoms with van der Waals surface area (Å²) in [5, 5.41) is 5.79. The molecule has 0 aliphatic carbocycles. The average molecular weight is 386 g/mol. The van der Waals surface area contributed by atoms with Crippen LogP contribution in [0.1, 0.15) is 39.0 Å². The highest BCUT2D eigenvalue weighted by Gasteiger charge is 2.13. The number of hydrogen-bond donors (Lipinski definition) is 2. The van der Waals surface area contributed by atoms with Gasteiger partial charge in [0.05, 0.1) is 11.3 Å². The SMILES string of the molecule is Cc1ccc(CCC(=O)Nc2ccccc2C(=O)NCc2ccccc2)cc1C. The first-order chi connectivity index (χ1) is 14.0. The molecule has 0 aromatic heterocycles. The Labute approximate surface area is 172 Å². The highest BCUT2D eigenvalue weighted by Crippen LogP contribution is 2.17. The second-order valence-corrected chi connectivity index (χ2v) is 7.18. The molecule has 148 valence electrons. The topological polar surface area (TPSA) is 58.2 Å². The highest BCUT2D eigenvalue weighted by molar-refractivity contribution is 6.03. The Kier molecular flexibility index (Phi) is 6.80. The zero-order valence-electron chi connectivity index (χ0n) is 16.9. The molecule has 4 heteroatoms. The van der Waals surface area contributed by atoms with Gasteiger partial charge >= 0.3 is 0 Å². The molecule has 0 fully saturated rings. The van der Waals surface area contributed by atoms with E-state index >= 15 is 0 Å². The zero-order valence-corrected chi connectivity index (χ0v) is 16.9. The van der Waals surface area contributed by atoms with Crippen molar-refractivity contribution in [3.8, 4) is 0 Å². The maximum Gasteiger partial charge on any atom is 0.253 e. The van der Waals surface area contributed by atoms with Crippen molar-refractivity contribution in [1.29, 1.82) is 0 Å². The van der Waals surface area contributed by atoms with Gasteiger partial charge in [-0.2, -0.15) is 0 Å². The fourth-order valence-corrected chi connectivity index (χ4v) is 3.09. The van der Waals surface area contributed by atoms with Gasteiger partial charge in [-0.1, -0.05) is 60.7 Å². The molecule has 2 amide bonds. The van der Waals surface area contributed by atoms with Crippen LogP contribution < -0.4 is 10.6 Å². The fourth-order valence-electron chi connectivity index (χ4n) is 3.09. The van der Waals surface area contributed by atoms with Crippen LogP contribution in [-0.4, -0.2) is 11.8 Å². The van der Waals surface area contributed by atoms with Gasteiger partial charge in [-0.15, -0.1) is 0 Å². The molecule has 2 N–H and O–H groups in total. The van der Waals surface area contributed by atoms with Gasteiger partial charge in [0.25, 0.3) is 5.91 Å². The van der Waals surface area contributed by atoms with E-state index in [0.29, 0.717) is 30.6 Å². The average Bonchev–Trinajstić information content (AvgIpc) is 2.74. The third kappa shape index (κ3) is 5.79. The van der Waals surface area contributed by atoms with Crippen LogP contribution in [0.25, 0.3) is 0 Å². The van der Waals surface area contributed by atoms with Crippen LogP contribution in [0.5, 0.6) is 0 Å². The van der Waals surface area contributed by atoms with Gasteiger partial charge in [0, 0.05) is 13.0 Å². The third-order valence-electron chi connectivity index (χ3n) is 4.95. The van der Waals surface area contributed by atoms with Crippen LogP contribution in [0, 0.1) is 13.8 Å². The summed E-state index contributed by atoms with van der Waals surface area (Å²) in [5.74, 6) is -0.314. The maximum atomic E-state index is 12.6. The number of rotatable bonds is 7. The molecule has 4 nitrogen and oxygen atoms in total. The largest absolute Gasteiger partial charge is 0.348 e. The summed E-state index contributed by atoms with van der Waals surface area (Å²) in [4.78, 5) is 25.1. The molecule has 0 unspecified atom stereocenters. The molecule has 3 aromatic carbocycles. The molecular weight excluding hydrogens is 360 g/mol. The maximum absolute atomic E-state index is 12.6. The first kappa shape index (κ1) is 20.3. The van der Waals surface area contributed by atoms with Gasteiger partial charge in [0.15, 0.2) is 0 Å². The zero-order chi connectivity index (χ0) is 20.6. The fraction of sp³-hybridized carbons (Fsp3) is 0.200. The number of amides is 2. The van der Waals surface area contributed by atoms with Crippen LogP contribution >= 0.6 is 0 Å². The number of carbonyl (C=O) groups excluding carboxylic acids is 2. The van der Waals surface area contributed by atoms with Gasteiger partial charge in [-0.25, -0.2) is 0 Å². The molecule has 0 heterocycles. The van der Waals surface area contributed by atoms with E-state index in [-0.39, 0.29) is 11.8 Å². The molecule has 0 aliphatic heterocycles. The highest BCUT2D eigenvalue weighted by atomic mass is 16.2. The van der Waals surface area contributed by atoms with Crippen molar-refractivity contribution >= 4 is 17.5 Å². The summed E-state index contributed by atoms with van der Waals surface area (Å²) in [6, 6.07) is 23.1. The van der Waals surface area contributed by atoms with E-state index in [1.165, 1.54) is 11.1 Å². The van der Waals surface area contributed by atoms with Crippen molar-refractivity contribution in [3.63, 3.8) is 0 Å². The molecule has 0 bridgehead atoms. The number of aryl methyl sites for hydroxylation is 3. The molecule has 0 radical (unpaired) electrons. The van der Waals surface area contributed by atoms with Gasteiger partial charge in [-0.3, -0.25) is 9.59 Å². The van der Waals surface area contributed by atoms with Crippen LogP contribution in [0.4, 0.5) is 5.69 Å². The standard InChI is InChI=1S/C25H26N2O2/c1-18-12-13-20(16-19(18)2)14-15-24(28)27-23-11-7-6-10-22(23)25(29)26-17-21-8-4-3-5-9-21/h3-13,16H,14-15,17H2,1-2H3,(H,26,29)(H,27,28). The molecule has 0 aliphatic rings. The van der Waals surface area contributed by atoms with E-state index in [0.717, 1.165) is 11.1 Å². The Morgan fingerprint density at radius 3 is 2.28 bits per heavy atom. The normalized spacial score (nSPS) is 10.4. The number of benzene rings is 3. The van der Waals surface area contributed by atoms with Crippen molar-refractivity contribution in [2.24, 2.45) is 0 Å². The second kappa shape index (κ2) is 9.69. The predicted octanol–water partition coefficient (Wildman–Crippen LogP) is 4.80. The van der Waals surface area contributed by atoms with Gasteiger partial charge in [-0.05, 0) is 54.7 Å².